The van der Waals surface area contributed by atoms with Crippen LogP contribution in [0.15, 0.2) is 0 Å². The van der Waals surface area contributed by atoms with E-state index in [9.17, 15) is 145 Å². The molecule has 6 aliphatic heterocycles. The Hall–Kier alpha value is -4.20. The Labute approximate surface area is 583 Å². The van der Waals surface area contributed by atoms with Gasteiger partial charge >= 0.3 is 49.1 Å². The van der Waals surface area contributed by atoms with Crippen molar-refractivity contribution in [2.75, 3.05) is 19.8 Å². The molecule has 0 aromatic carbocycles. The van der Waals surface area contributed by atoms with Crippen LogP contribution >= 0.6 is 0 Å². The average Bonchev–Trinajstić information content (AvgIpc) is 0.765. The van der Waals surface area contributed by atoms with Gasteiger partial charge in [-0.1, -0.05) is 0 Å². The van der Waals surface area contributed by atoms with E-state index >= 15 is 0 Å². The van der Waals surface area contributed by atoms with Crippen LogP contribution in [0.2, 0.25) is 0 Å². The number of carbonyl (C=O) groups is 6. The summed E-state index contributed by atoms with van der Waals surface area (Å²) in [6.45, 7) is -1.52. The lowest BCUT2D eigenvalue weighted by molar-refractivity contribution is -0.400. The number of carboxylic acid groups (broad SMARTS) is 3. The molecular weight excluding hydrogens is 1570 g/mol. The Morgan fingerprint density at radius 2 is 0.650 bits per heavy atom. The van der Waals surface area contributed by atoms with Crippen LogP contribution in [0.25, 0.3) is 0 Å². The Bertz CT molecular complexity index is 3360. The van der Waals surface area contributed by atoms with Gasteiger partial charge in [0, 0.05) is 20.8 Å². The molecule has 3 amide bonds. The molecule has 0 radical (unpaired) electrons. The molecule has 16 N–H and O–H groups in total. The molecule has 6 fully saturated rings. The summed E-state index contributed by atoms with van der Waals surface area (Å²) in [6, 6.07) is -7.02. The second-order valence-corrected chi connectivity index (χ2v) is 26.9. The molecule has 15 unspecified atom stereocenters. The third-order valence-corrected chi connectivity index (χ3v) is 16.8. The molecule has 6 aliphatic rings. The molecule has 33 atom stereocenters. The molecule has 596 valence electrons. The SMILES string of the molecule is CC(=O)NC1C(O)[C@H](OOS(=O)[O-])[C@H](COS(=O)(=O)O)O[C@H]1O[C@@H]1C(C(=O)O)O[C@@H](O[C@@H]2C(NC(C)=O)[C@H](O[C@H]3C(O)C(O)[C@H](OC4C(NC(C)=O)[C@H](O[C@@H]5C(C(=O)O)O[C@@H](C)C(O)[C@H]5O)O[C@@H](COS(=O)(=O)O)[C@H]4OOS(=O)[O-])O[C@H]3C(=O)O)OC(COS(=O)(=O)O)[C@@H]2OOS(=O)[O-])C(O)[C@H]1O. The second-order valence-electron chi connectivity index (χ2n) is 22.0. The summed E-state index contributed by atoms with van der Waals surface area (Å²) in [4.78, 5) is 91.9. The third kappa shape index (κ3) is 24.1. The van der Waals surface area contributed by atoms with E-state index in [1.165, 1.54) is 0 Å². The van der Waals surface area contributed by atoms with E-state index in [1.807, 2.05) is 5.32 Å². The van der Waals surface area contributed by atoms with Gasteiger partial charge in [0.15, 0.2) is 68.1 Å². The minimum Gasteiger partial charge on any atom is -0.748 e. The van der Waals surface area contributed by atoms with Gasteiger partial charge in [-0.05, 0) is 6.92 Å². The van der Waals surface area contributed by atoms with Crippen LogP contribution in [0.1, 0.15) is 27.7 Å². The number of aliphatic carboxylic acids is 3. The summed E-state index contributed by atoms with van der Waals surface area (Å²) < 4.78 is 256. The Morgan fingerprint density at radius 1 is 0.379 bits per heavy atom. The quantitative estimate of drug-likeness (QED) is 0.0123. The highest BCUT2D eigenvalue weighted by atomic mass is 32.3. The first-order chi connectivity index (χ1) is 47.7. The normalized spacial score (nSPS) is 39.9. The smallest absolute Gasteiger partial charge is 0.397 e. The van der Waals surface area contributed by atoms with Crippen LogP contribution in [-0.2, 0) is 186 Å². The van der Waals surface area contributed by atoms with E-state index < -0.39 is 305 Å². The summed E-state index contributed by atoms with van der Waals surface area (Å²) in [5, 5.41) is 118. The van der Waals surface area contributed by atoms with Crippen LogP contribution in [0.5, 0.6) is 0 Å². The van der Waals surface area contributed by atoms with Crippen LogP contribution in [0.4, 0.5) is 0 Å². The van der Waals surface area contributed by atoms with Crippen LogP contribution < -0.4 is 16.0 Å². The molecular formula is C43H64N3O51S6-3. The number of hydrogen-bond donors (Lipinski definition) is 16. The summed E-state index contributed by atoms with van der Waals surface area (Å²) in [5.41, 5.74) is 0. The number of rotatable bonds is 34. The molecule has 6 rings (SSSR count). The molecule has 6 heterocycles. The molecule has 0 bridgehead atoms. The van der Waals surface area contributed by atoms with Gasteiger partial charge in [0.05, 0.1) is 25.9 Å². The largest absolute Gasteiger partial charge is 0.748 e. The van der Waals surface area contributed by atoms with Crippen molar-refractivity contribution in [3.8, 4) is 0 Å². The highest BCUT2D eigenvalue weighted by Crippen LogP contribution is 2.39. The summed E-state index contributed by atoms with van der Waals surface area (Å²) >= 11 is -11.2. The standard InChI is InChI=1S/C43H67N3O51S6/c1-8-18(50)20(52)30(33(81-8)36(57)58)88-40-16(45-10(3)48)28(26(93-96-99(65)66)13(83-40)6-79-102(72,73)74)85-43-24(56)22(54)32(35(91-43)38(61)62)89-41-17(46-11(4)49)29(27(94-97-100(67)68)14(84-41)7-80-103(75,76)77)86-42-23(55)21(53)31(34(90-42)37(59)60)87-39-15(44-9(2)47)19(51)25(92-95-98(63)64)12(82-39)5-78-101(69,70)71/h8,12-35,39-43,50-56H,5-7H2,1-4H3,(H,44,47)(H,45,48)(H,46,49)(H,57,58)(H,59,60)(H,61,62)(H,63,64)(H,65,66)(H,67,68)(H,69,70,71)(H,72,73,74)(H,75,76,77)/p-3/t8-,12-,13-,14?,15?,16?,17?,18?,19?,20+,21+,22?,23?,24?,25+,26+,27-,28?,29+,30-,31-,32-,33?,34?,35+,39-,40-,41-,42+,43+/m0/s1. The van der Waals surface area contributed by atoms with E-state index in [1.54, 1.807) is 0 Å². The predicted molar refractivity (Wildman–Crippen MR) is 297 cm³/mol. The van der Waals surface area contributed by atoms with Gasteiger partial charge in [-0.3, -0.25) is 28.0 Å². The van der Waals surface area contributed by atoms with E-state index in [2.05, 4.69) is 41.1 Å². The predicted octanol–water partition coefficient (Wildman–Crippen LogP) is -13.6. The van der Waals surface area contributed by atoms with Gasteiger partial charge in [0.2, 0.25) is 17.7 Å². The zero-order valence-corrected chi connectivity index (χ0v) is 56.6. The maximum Gasteiger partial charge on any atom is 0.397 e. The fourth-order valence-corrected chi connectivity index (χ4v) is 12.2. The minimum absolute atomic E-state index is 0.656. The van der Waals surface area contributed by atoms with E-state index in [-0.39, 0.29) is 0 Å². The highest BCUT2D eigenvalue weighted by molar-refractivity contribution is 7.81. The number of aliphatic hydroxyl groups is 7. The maximum atomic E-state index is 13.4. The number of hydrogen-bond acceptors (Lipinski definition) is 45. The molecule has 6 saturated heterocycles. The van der Waals surface area contributed by atoms with Crippen molar-refractivity contribution < 1.29 is 237 Å². The number of aliphatic hydroxyl groups excluding tert-OH is 7. The Morgan fingerprint density at radius 3 is 0.951 bits per heavy atom. The van der Waals surface area contributed by atoms with Crippen molar-refractivity contribution >= 4 is 101 Å². The lowest BCUT2D eigenvalue weighted by Crippen LogP contribution is -2.72. The van der Waals surface area contributed by atoms with Crippen LogP contribution in [-0.4, -0.2) is 356 Å². The number of nitrogens with one attached hydrogen (secondary N) is 3. The number of amides is 3. The van der Waals surface area contributed by atoms with Gasteiger partial charge in [0.1, 0.15) is 144 Å². The number of carboxylic acids is 3. The van der Waals surface area contributed by atoms with Crippen molar-refractivity contribution in [2.45, 2.75) is 212 Å². The van der Waals surface area contributed by atoms with Gasteiger partial charge in [0.25, 0.3) is 0 Å². The first-order valence-electron chi connectivity index (χ1n) is 28.3. The van der Waals surface area contributed by atoms with Crippen molar-refractivity contribution in [1.82, 2.24) is 16.0 Å². The lowest BCUT2D eigenvalue weighted by Gasteiger charge is -2.51. The molecule has 0 aromatic rings. The number of ether oxygens (including phenoxy) is 11. The highest BCUT2D eigenvalue weighted by Gasteiger charge is 2.62. The minimum atomic E-state index is -5.73. The van der Waals surface area contributed by atoms with E-state index in [0.29, 0.717) is 6.92 Å². The second kappa shape index (κ2) is 37.3. The van der Waals surface area contributed by atoms with Crippen LogP contribution in [0, 0.1) is 0 Å². The van der Waals surface area contributed by atoms with Gasteiger partial charge in [-0.15, -0.1) is 13.0 Å². The van der Waals surface area contributed by atoms with Crippen molar-refractivity contribution in [3.05, 3.63) is 0 Å². The summed E-state index contributed by atoms with van der Waals surface area (Å²) in [7, 11) is -16.8. The molecule has 0 aliphatic carbocycles. The number of carbonyl (C=O) groups excluding carboxylic acids is 3. The zero-order valence-electron chi connectivity index (χ0n) is 51.7. The van der Waals surface area contributed by atoms with Crippen LogP contribution in [0.3, 0.4) is 0 Å². The van der Waals surface area contributed by atoms with Gasteiger partial charge in [-0.2, -0.15) is 25.3 Å². The van der Waals surface area contributed by atoms with E-state index in [0.717, 1.165) is 20.8 Å². The van der Waals surface area contributed by atoms with Crippen molar-refractivity contribution in [2.24, 2.45) is 0 Å². The van der Waals surface area contributed by atoms with Gasteiger partial charge < -0.3 is 133 Å². The fraction of sp³-hybridized carbons (Fsp3) is 0.860. The topological polar surface area (TPSA) is 809 Å². The maximum absolute atomic E-state index is 13.4. The summed E-state index contributed by atoms with van der Waals surface area (Å²) in [6.07, 6.45) is -69.1. The Kier molecular flexibility index (Phi) is 31.7. The molecule has 54 nitrogen and oxygen atoms in total. The van der Waals surface area contributed by atoms with Crippen molar-refractivity contribution in [3.63, 3.8) is 0 Å². The molecule has 0 saturated carbocycles. The molecule has 60 heteroatoms. The lowest BCUT2D eigenvalue weighted by atomic mass is 9.93. The Balaban J connectivity index is 1.41. The summed E-state index contributed by atoms with van der Waals surface area (Å²) in [5.74, 6) is -10.1. The first kappa shape index (κ1) is 87.7. The third-order valence-electron chi connectivity index (χ3n) is 14.9. The monoisotopic (exact) mass is 1630 g/mol. The average molecular weight is 1630 g/mol. The van der Waals surface area contributed by atoms with Crippen molar-refractivity contribution in [1.29, 1.82) is 0 Å². The zero-order chi connectivity index (χ0) is 77.4. The molecule has 0 aromatic heterocycles. The first-order valence-corrected chi connectivity index (χ1v) is 35.4. The molecule has 103 heavy (non-hydrogen) atoms. The van der Waals surface area contributed by atoms with E-state index in [4.69, 9.17) is 61.9 Å². The molecule has 0 spiro atoms. The fourth-order valence-electron chi connectivity index (χ4n) is 10.8. The van der Waals surface area contributed by atoms with Gasteiger partial charge in [-0.25, -0.2) is 54.2 Å².